The van der Waals surface area contributed by atoms with E-state index in [9.17, 15) is 22.8 Å². The van der Waals surface area contributed by atoms with Crippen LogP contribution in [0.2, 0.25) is 0 Å². The molecule has 0 fully saturated rings. The summed E-state index contributed by atoms with van der Waals surface area (Å²) in [4.78, 5) is 26.1. The fourth-order valence-electron chi connectivity index (χ4n) is 3.03. The van der Waals surface area contributed by atoms with Crippen LogP contribution in [0, 0.1) is 6.92 Å². The number of aliphatic hydroxyl groups is 1. The van der Waals surface area contributed by atoms with E-state index in [-0.39, 0.29) is 36.3 Å². The van der Waals surface area contributed by atoms with Gasteiger partial charge in [0.2, 0.25) is 0 Å². The third-order valence-corrected chi connectivity index (χ3v) is 5.71. The number of thiophene rings is 1. The number of fused-ring (bicyclic) bond motifs is 1. The number of benzene rings is 1. The molecular weight excluding hydrogens is 397 g/mol. The van der Waals surface area contributed by atoms with Crippen LogP contribution in [0.4, 0.5) is 13.2 Å². The van der Waals surface area contributed by atoms with Gasteiger partial charge in [-0.1, -0.05) is 12.1 Å². The second kappa shape index (κ2) is 7.44. The van der Waals surface area contributed by atoms with Gasteiger partial charge in [0.15, 0.2) is 0 Å². The Hall–Kier alpha value is -2.59. The first kappa shape index (κ1) is 20.2. The van der Waals surface area contributed by atoms with Crippen molar-refractivity contribution < 1.29 is 23.0 Å². The highest BCUT2D eigenvalue weighted by atomic mass is 32.1. The van der Waals surface area contributed by atoms with E-state index in [2.05, 4.69) is 4.74 Å². The molecule has 3 rings (SSSR count). The van der Waals surface area contributed by atoms with Crippen LogP contribution >= 0.6 is 11.3 Å². The van der Waals surface area contributed by atoms with Gasteiger partial charge in [-0.25, -0.2) is 4.79 Å². The first-order chi connectivity index (χ1) is 13.2. The van der Waals surface area contributed by atoms with Crippen LogP contribution in [0.15, 0.2) is 33.9 Å². The number of aryl methyl sites for hydroxylation is 2. The minimum atomic E-state index is -4.86. The quantitative estimate of drug-likeness (QED) is 0.697. The molecule has 0 saturated carbocycles. The van der Waals surface area contributed by atoms with Crippen molar-refractivity contribution >= 4 is 21.6 Å². The standard InChI is InChI=1S/C18H17F3N2O4S/c1-10-13-15(25)23(8-5-9-24)17(26)22(2)16(13)28-14(10)11-6-3-4-7-12(11)27-18(19,20)21/h3-4,6-7,24H,5,8-9H2,1-2H3. The van der Waals surface area contributed by atoms with Crippen LogP contribution in [0.3, 0.4) is 0 Å². The molecule has 0 radical (unpaired) electrons. The topological polar surface area (TPSA) is 73.5 Å². The summed E-state index contributed by atoms with van der Waals surface area (Å²) in [6.07, 6.45) is -4.62. The highest BCUT2D eigenvalue weighted by Gasteiger charge is 2.32. The number of alkyl halides is 3. The number of halogens is 3. The van der Waals surface area contributed by atoms with Gasteiger partial charge in [0.25, 0.3) is 5.56 Å². The Bertz CT molecular complexity index is 1140. The number of hydrogen-bond acceptors (Lipinski definition) is 5. The molecule has 0 amide bonds. The Kier molecular flexibility index (Phi) is 5.35. The van der Waals surface area contributed by atoms with Gasteiger partial charge in [-0.3, -0.25) is 13.9 Å². The van der Waals surface area contributed by atoms with E-state index in [0.717, 1.165) is 15.9 Å². The number of nitrogens with zero attached hydrogens (tertiary/aromatic N) is 2. The van der Waals surface area contributed by atoms with Crippen LogP contribution in [-0.2, 0) is 13.6 Å². The van der Waals surface area contributed by atoms with Crippen molar-refractivity contribution in [3.8, 4) is 16.2 Å². The summed E-state index contributed by atoms with van der Waals surface area (Å²) in [5.41, 5.74) is -0.414. The Labute approximate surface area is 161 Å². The molecule has 3 aromatic rings. The van der Waals surface area contributed by atoms with Crippen molar-refractivity contribution in [1.82, 2.24) is 9.13 Å². The van der Waals surface area contributed by atoms with Crippen LogP contribution in [-0.4, -0.2) is 27.2 Å². The molecule has 0 spiro atoms. The van der Waals surface area contributed by atoms with Crippen molar-refractivity contribution in [2.75, 3.05) is 6.61 Å². The molecule has 1 N–H and O–H groups in total. The lowest BCUT2D eigenvalue weighted by Crippen LogP contribution is -2.39. The predicted molar refractivity (Wildman–Crippen MR) is 99.9 cm³/mol. The van der Waals surface area contributed by atoms with E-state index in [1.807, 2.05) is 0 Å². The van der Waals surface area contributed by atoms with Gasteiger partial charge in [0, 0.05) is 30.6 Å². The zero-order valence-electron chi connectivity index (χ0n) is 15.0. The molecule has 2 aromatic heterocycles. The molecule has 10 heteroatoms. The van der Waals surface area contributed by atoms with Gasteiger partial charge in [0.05, 0.1) is 5.39 Å². The lowest BCUT2D eigenvalue weighted by Gasteiger charge is -2.12. The summed E-state index contributed by atoms with van der Waals surface area (Å²) in [6.45, 7) is 1.50. The molecule has 0 bridgehead atoms. The third-order valence-electron chi connectivity index (χ3n) is 4.31. The van der Waals surface area contributed by atoms with E-state index in [1.165, 1.54) is 29.8 Å². The number of hydrogen-bond donors (Lipinski definition) is 1. The molecular formula is C18H17F3N2O4S. The van der Waals surface area contributed by atoms with E-state index in [0.29, 0.717) is 15.3 Å². The van der Waals surface area contributed by atoms with Gasteiger partial charge in [0.1, 0.15) is 10.6 Å². The van der Waals surface area contributed by atoms with Crippen molar-refractivity contribution in [3.05, 3.63) is 50.7 Å². The van der Waals surface area contributed by atoms with E-state index < -0.39 is 17.6 Å². The first-order valence-corrected chi connectivity index (χ1v) is 9.16. The summed E-state index contributed by atoms with van der Waals surface area (Å²) < 4.78 is 44.7. The average molecular weight is 414 g/mol. The minimum absolute atomic E-state index is 0.0519. The molecule has 0 unspecified atom stereocenters. The molecule has 0 saturated heterocycles. The van der Waals surface area contributed by atoms with E-state index in [1.54, 1.807) is 13.0 Å². The van der Waals surface area contributed by atoms with Crippen molar-refractivity contribution in [1.29, 1.82) is 0 Å². The Morgan fingerprint density at radius 3 is 2.54 bits per heavy atom. The van der Waals surface area contributed by atoms with Gasteiger partial charge < -0.3 is 9.84 Å². The van der Waals surface area contributed by atoms with E-state index >= 15 is 0 Å². The maximum Gasteiger partial charge on any atom is 0.573 e. The summed E-state index contributed by atoms with van der Waals surface area (Å²) in [7, 11) is 1.50. The molecule has 28 heavy (non-hydrogen) atoms. The lowest BCUT2D eigenvalue weighted by molar-refractivity contribution is -0.274. The number of rotatable bonds is 5. The number of aliphatic hydroxyl groups excluding tert-OH is 1. The molecule has 1 aromatic carbocycles. The highest BCUT2D eigenvalue weighted by molar-refractivity contribution is 7.22. The summed E-state index contributed by atoms with van der Waals surface area (Å²) in [5, 5.41) is 9.26. The average Bonchev–Trinajstić information content (AvgIpc) is 2.96. The molecule has 6 nitrogen and oxygen atoms in total. The summed E-state index contributed by atoms with van der Waals surface area (Å²) >= 11 is 1.06. The van der Waals surface area contributed by atoms with Gasteiger partial charge in [-0.15, -0.1) is 24.5 Å². The molecule has 2 heterocycles. The number of ether oxygens (including phenoxy) is 1. The van der Waals surface area contributed by atoms with Crippen molar-refractivity contribution in [2.45, 2.75) is 26.3 Å². The highest BCUT2D eigenvalue weighted by Crippen LogP contribution is 2.41. The van der Waals surface area contributed by atoms with Crippen molar-refractivity contribution in [3.63, 3.8) is 0 Å². The zero-order valence-corrected chi connectivity index (χ0v) is 15.9. The summed E-state index contributed by atoms with van der Waals surface area (Å²) in [6, 6.07) is 5.66. The molecule has 0 atom stereocenters. The Morgan fingerprint density at radius 2 is 1.89 bits per heavy atom. The predicted octanol–water partition coefficient (Wildman–Crippen LogP) is 3.02. The molecule has 0 aliphatic carbocycles. The van der Waals surface area contributed by atoms with Gasteiger partial charge in [-0.05, 0) is 31.0 Å². The maximum atomic E-state index is 12.8. The van der Waals surface area contributed by atoms with Crippen LogP contribution < -0.4 is 16.0 Å². The second-order valence-corrected chi connectivity index (χ2v) is 7.15. The molecule has 0 aliphatic heterocycles. The third kappa shape index (κ3) is 3.57. The first-order valence-electron chi connectivity index (χ1n) is 8.34. The minimum Gasteiger partial charge on any atom is -0.405 e. The fraction of sp³-hybridized carbons (Fsp3) is 0.333. The Morgan fingerprint density at radius 1 is 1.21 bits per heavy atom. The van der Waals surface area contributed by atoms with Crippen molar-refractivity contribution in [2.24, 2.45) is 7.05 Å². The normalized spacial score (nSPS) is 11.9. The SMILES string of the molecule is Cc1c(-c2ccccc2OC(F)(F)F)sc2c1c(=O)n(CCCO)c(=O)n2C. The largest absolute Gasteiger partial charge is 0.573 e. The van der Waals surface area contributed by atoms with Crippen LogP contribution in [0.5, 0.6) is 5.75 Å². The smallest absolute Gasteiger partial charge is 0.405 e. The molecule has 150 valence electrons. The monoisotopic (exact) mass is 414 g/mol. The number of para-hydroxylation sites is 1. The second-order valence-electron chi connectivity index (χ2n) is 6.16. The Balaban J connectivity index is 2.28. The van der Waals surface area contributed by atoms with Gasteiger partial charge >= 0.3 is 12.1 Å². The molecule has 0 aliphatic rings. The van der Waals surface area contributed by atoms with Crippen LogP contribution in [0.25, 0.3) is 20.7 Å². The van der Waals surface area contributed by atoms with Gasteiger partial charge in [-0.2, -0.15) is 0 Å². The number of aromatic nitrogens is 2. The maximum absolute atomic E-state index is 12.8. The summed E-state index contributed by atoms with van der Waals surface area (Å²) in [5.74, 6) is -0.379. The van der Waals surface area contributed by atoms with E-state index in [4.69, 9.17) is 5.11 Å². The zero-order chi connectivity index (χ0) is 20.6. The lowest BCUT2D eigenvalue weighted by atomic mass is 10.1. The van der Waals surface area contributed by atoms with Crippen LogP contribution in [0.1, 0.15) is 12.0 Å². The fourth-order valence-corrected chi connectivity index (χ4v) is 4.31.